The molecule has 4 N–H and O–H groups in total. The Bertz CT molecular complexity index is 1880. The number of nitrogens with zero attached hydrogens (tertiary/aromatic N) is 8. The maximum absolute atomic E-state index is 6.05. The summed E-state index contributed by atoms with van der Waals surface area (Å²) in [6.07, 6.45) is 5.35. The molecule has 1 fully saturated rings. The normalized spacial score (nSPS) is 15.1. The van der Waals surface area contributed by atoms with Crippen LogP contribution in [-0.2, 0) is 13.1 Å². The van der Waals surface area contributed by atoms with Gasteiger partial charge in [-0.05, 0) is 28.9 Å². The molecule has 0 bridgehead atoms. The second-order valence-corrected chi connectivity index (χ2v) is 11.8. The van der Waals surface area contributed by atoms with E-state index in [2.05, 4.69) is 114 Å². The number of hydrogen-bond donors (Lipinski definition) is 3. The highest BCUT2D eigenvalue weighted by Crippen LogP contribution is 2.37. The molecule has 0 amide bonds. The molecule has 46 heavy (non-hydrogen) atoms. The van der Waals surface area contributed by atoms with E-state index >= 15 is 0 Å². The van der Waals surface area contributed by atoms with E-state index in [1.54, 1.807) is 12.7 Å². The third-order valence-electron chi connectivity index (χ3n) is 8.52. The second kappa shape index (κ2) is 13.4. The number of H-pyrrole nitrogens is 1. The van der Waals surface area contributed by atoms with Crippen LogP contribution < -0.4 is 15.6 Å². The molecule has 2 unspecified atom stereocenters. The molecule has 3 aromatic heterocycles. The van der Waals surface area contributed by atoms with Gasteiger partial charge in [-0.2, -0.15) is 0 Å². The number of rotatable bonds is 9. The third kappa shape index (κ3) is 6.30. The Morgan fingerprint density at radius 3 is 2.22 bits per heavy atom. The predicted molar refractivity (Wildman–Crippen MR) is 180 cm³/mol. The lowest BCUT2D eigenvalue weighted by Gasteiger charge is -2.43. The summed E-state index contributed by atoms with van der Waals surface area (Å²) in [6.45, 7) is 4.53. The van der Waals surface area contributed by atoms with Crippen LogP contribution in [0.15, 0.2) is 110 Å². The Balaban J connectivity index is 1.16. The highest BCUT2D eigenvalue weighted by molar-refractivity contribution is 7.80. The molecular formula is C34H36N11S+. The zero-order chi connectivity index (χ0) is 31.3. The van der Waals surface area contributed by atoms with Gasteiger partial charge in [-0.15, -0.1) is 5.10 Å². The molecule has 4 heterocycles. The maximum atomic E-state index is 6.05. The molecule has 1 saturated heterocycles. The molecule has 232 valence electrons. The van der Waals surface area contributed by atoms with Crippen molar-refractivity contribution in [2.45, 2.75) is 25.2 Å². The molecule has 11 nitrogen and oxygen atoms in total. The number of fused-ring (bicyclic) bond motifs is 1. The zero-order valence-electron chi connectivity index (χ0n) is 25.4. The average molecular weight is 631 g/mol. The van der Waals surface area contributed by atoms with Gasteiger partial charge >= 0.3 is 0 Å². The fraction of sp³-hybridized carbons (Fsp3) is 0.235. The highest BCUT2D eigenvalue weighted by Gasteiger charge is 2.35. The zero-order valence-corrected chi connectivity index (χ0v) is 26.2. The van der Waals surface area contributed by atoms with Gasteiger partial charge in [0.15, 0.2) is 17.0 Å². The molecule has 3 aromatic carbocycles. The predicted octanol–water partition coefficient (Wildman–Crippen LogP) is 3.49. The fourth-order valence-electron chi connectivity index (χ4n) is 6.22. The molecule has 2 atom stereocenters. The van der Waals surface area contributed by atoms with Gasteiger partial charge in [0.1, 0.15) is 12.2 Å². The van der Waals surface area contributed by atoms with Crippen LogP contribution >= 0.6 is 12.2 Å². The summed E-state index contributed by atoms with van der Waals surface area (Å²) in [4.78, 5) is 16.7. The van der Waals surface area contributed by atoms with Gasteiger partial charge in [0, 0.05) is 32.7 Å². The monoisotopic (exact) mass is 630 g/mol. The lowest BCUT2D eigenvalue weighted by molar-refractivity contribution is -0.667. The van der Waals surface area contributed by atoms with Gasteiger partial charge in [0.2, 0.25) is 12.1 Å². The number of thiocarbonyl (C=S) groups is 1. The van der Waals surface area contributed by atoms with E-state index in [1.807, 2.05) is 27.6 Å². The van der Waals surface area contributed by atoms with Gasteiger partial charge in [0.05, 0.1) is 18.3 Å². The Labute approximate surface area is 272 Å². The minimum Gasteiger partial charge on any atom is -0.368 e. The lowest BCUT2D eigenvalue weighted by atomic mass is 9.91. The number of imidazole rings is 1. The summed E-state index contributed by atoms with van der Waals surface area (Å²) in [5.41, 5.74) is 11.9. The number of nitrogen functional groups attached to an aromatic ring is 1. The van der Waals surface area contributed by atoms with E-state index in [4.69, 9.17) is 23.2 Å². The number of aromatic amines is 1. The number of anilines is 1. The Kier molecular flexibility index (Phi) is 8.61. The van der Waals surface area contributed by atoms with Crippen LogP contribution in [0, 0.1) is 0 Å². The van der Waals surface area contributed by atoms with Crippen LogP contribution in [-0.4, -0.2) is 71.0 Å². The van der Waals surface area contributed by atoms with Gasteiger partial charge in [-0.25, -0.2) is 9.25 Å². The molecule has 12 heteroatoms. The fourth-order valence-corrected chi connectivity index (χ4v) is 6.47. The van der Waals surface area contributed by atoms with E-state index < -0.39 is 0 Å². The van der Waals surface area contributed by atoms with E-state index in [9.17, 15) is 0 Å². The van der Waals surface area contributed by atoms with Crippen LogP contribution in [0.1, 0.15) is 34.5 Å². The van der Waals surface area contributed by atoms with Crippen molar-refractivity contribution in [1.29, 1.82) is 0 Å². The molecule has 0 spiro atoms. The van der Waals surface area contributed by atoms with Crippen molar-refractivity contribution in [3.8, 4) is 0 Å². The molecular weight excluding hydrogens is 595 g/mol. The summed E-state index contributed by atoms with van der Waals surface area (Å²) in [6, 6.07) is 31.5. The van der Waals surface area contributed by atoms with Crippen molar-refractivity contribution < 1.29 is 4.57 Å². The largest absolute Gasteiger partial charge is 0.368 e. The number of hydrogen-bond acceptors (Lipinski definition) is 7. The standard InChI is InChI=1S/C34H35N11S/c35-32-29-33(38-23-37-29)44(24-39-32)21-28-22-45(41-40-28)31(27-14-8-3-9-15-27)30(26-12-6-2-7-13-26)42-16-18-43(19-17-42)34(46)36-20-25-10-4-1-5-11-25/h1-15,22-24,30-31H,16-21H2,(H3,35,36,37,38,46)/p+1. The van der Waals surface area contributed by atoms with Crippen LogP contribution in [0.2, 0.25) is 0 Å². The van der Waals surface area contributed by atoms with Crippen LogP contribution in [0.25, 0.3) is 11.2 Å². The maximum Gasteiger partial charge on any atom is 0.293 e. The molecule has 0 aliphatic carbocycles. The van der Waals surface area contributed by atoms with Crippen molar-refractivity contribution in [3.63, 3.8) is 0 Å². The van der Waals surface area contributed by atoms with Crippen molar-refractivity contribution in [2.24, 2.45) is 0 Å². The average Bonchev–Trinajstić information content (AvgIpc) is 3.80. The third-order valence-corrected chi connectivity index (χ3v) is 8.92. The van der Waals surface area contributed by atoms with E-state index in [-0.39, 0.29) is 12.1 Å². The van der Waals surface area contributed by atoms with Gasteiger partial charge < -0.3 is 20.9 Å². The highest BCUT2D eigenvalue weighted by atomic mass is 32.1. The number of nitrogens with two attached hydrogens (primary N) is 1. The summed E-state index contributed by atoms with van der Waals surface area (Å²) in [5.74, 6) is 0.412. The molecule has 7 rings (SSSR count). The summed E-state index contributed by atoms with van der Waals surface area (Å²) in [5, 5.41) is 13.6. The molecule has 1 aliphatic heterocycles. The molecule has 0 saturated carbocycles. The minimum atomic E-state index is -0.125. The number of piperazine rings is 1. The van der Waals surface area contributed by atoms with Gasteiger partial charge in [-0.1, -0.05) is 106 Å². The first kappa shape index (κ1) is 29.5. The summed E-state index contributed by atoms with van der Waals surface area (Å²) < 4.78 is 3.94. The summed E-state index contributed by atoms with van der Waals surface area (Å²) in [7, 11) is 0. The SMILES string of the molecule is Nc1nc[n+](Cc2cn(C(c3ccccc3)C(c3ccccc3)N3CCN(C(=S)NCc4ccccc4)CC3)nn2)c2nc[nH]c12. The van der Waals surface area contributed by atoms with E-state index in [0.29, 0.717) is 24.4 Å². The first-order valence-electron chi connectivity index (χ1n) is 15.4. The van der Waals surface area contributed by atoms with E-state index in [0.717, 1.165) is 48.2 Å². The van der Waals surface area contributed by atoms with Crippen LogP contribution in [0.5, 0.6) is 0 Å². The quantitative estimate of drug-likeness (QED) is 0.163. The Morgan fingerprint density at radius 1 is 0.870 bits per heavy atom. The summed E-state index contributed by atoms with van der Waals surface area (Å²) >= 11 is 5.82. The lowest BCUT2D eigenvalue weighted by Crippen LogP contribution is -2.53. The first-order chi connectivity index (χ1) is 22.6. The first-order valence-corrected chi connectivity index (χ1v) is 15.8. The molecule has 6 aromatic rings. The smallest absolute Gasteiger partial charge is 0.293 e. The Hall–Kier alpha value is -5.20. The molecule has 0 radical (unpaired) electrons. The Morgan fingerprint density at radius 2 is 1.52 bits per heavy atom. The number of benzene rings is 3. The van der Waals surface area contributed by atoms with Gasteiger partial charge in [0.25, 0.3) is 5.65 Å². The van der Waals surface area contributed by atoms with Crippen molar-refractivity contribution in [1.82, 2.24) is 45.1 Å². The van der Waals surface area contributed by atoms with Crippen molar-refractivity contribution >= 4 is 34.3 Å². The number of nitrogens with one attached hydrogen (secondary N) is 2. The van der Waals surface area contributed by atoms with E-state index in [1.165, 1.54) is 11.1 Å². The number of aromatic nitrogens is 7. The van der Waals surface area contributed by atoms with Crippen LogP contribution in [0.4, 0.5) is 5.82 Å². The topological polar surface area (TPSA) is 121 Å². The van der Waals surface area contributed by atoms with Crippen LogP contribution in [0.3, 0.4) is 0 Å². The van der Waals surface area contributed by atoms with Crippen molar-refractivity contribution in [3.05, 3.63) is 132 Å². The molecule has 1 aliphatic rings. The van der Waals surface area contributed by atoms with Gasteiger partial charge in [-0.3, -0.25) is 4.90 Å². The minimum absolute atomic E-state index is 0.00930. The second-order valence-electron chi connectivity index (χ2n) is 11.4. The van der Waals surface area contributed by atoms with Crippen molar-refractivity contribution in [2.75, 3.05) is 31.9 Å².